The number of nitrogens with two attached hydrogens (primary N) is 1. The van der Waals surface area contributed by atoms with Gasteiger partial charge in [-0.1, -0.05) is 0 Å². The first-order valence-corrected chi connectivity index (χ1v) is 8.42. The lowest BCUT2D eigenvalue weighted by Crippen LogP contribution is -2.37. The second-order valence-electron chi connectivity index (χ2n) is 6.51. The number of imidazole rings is 1. The average molecular weight is 357 g/mol. The quantitative estimate of drug-likeness (QED) is 0.736. The minimum Gasteiger partial charge on any atom is -0.364 e. The summed E-state index contributed by atoms with van der Waals surface area (Å²) < 4.78 is 3.45. The Balaban J connectivity index is 1.51. The van der Waals surface area contributed by atoms with Gasteiger partial charge in [-0.25, -0.2) is 4.98 Å². The number of fused-ring (bicyclic) bond motifs is 2. The molecule has 0 aliphatic carbocycles. The summed E-state index contributed by atoms with van der Waals surface area (Å²) in [7, 11) is 1.73. The van der Waals surface area contributed by atoms with Crippen molar-refractivity contribution in [1.29, 1.82) is 0 Å². The van der Waals surface area contributed by atoms with Crippen LogP contribution in [0.4, 0.5) is 0 Å². The molecule has 0 unspecified atom stereocenters. The van der Waals surface area contributed by atoms with E-state index < -0.39 is 5.91 Å². The molecule has 0 aromatic carbocycles. The van der Waals surface area contributed by atoms with Gasteiger partial charge in [-0.05, 0) is 0 Å². The van der Waals surface area contributed by atoms with E-state index in [9.17, 15) is 14.4 Å². The molecule has 26 heavy (non-hydrogen) atoms. The summed E-state index contributed by atoms with van der Waals surface area (Å²) in [5, 5.41) is 4.31. The Morgan fingerprint density at radius 3 is 2.69 bits per heavy atom. The van der Waals surface area contributed by atoms with Crippen molar-refractivity contribution in [2.75, 3.05) is 26.7 Å². The van der Waals surface area contributed by atoms with Gasteiger partial charge in [0.15, 0.2) is 5.69 Å². The van der Waals surface area contributed by atoms with E-state index in [-0.39, 0.29) is 23.2 Å². The van der Waals surface area contributed by atoms with Crippen LogP contribution in [-0.4, -0.2) is 73.5 Å². The monoisotopic (exact) mass is 357 g/mol. The van der Waals surface area contributed by atoms with Gasteiger partial charge in [-0.3, -0.25) is 19.1 Å². The van der Waals surface area contributed by atoms with Gasteiger partial charge in [0.25, 0.3) is 17.7 Å². The van der Waals surface area contributed by atoms with Crippen LogP contribution in [0.1, 0.15) is 37.3 Å². The smallest absolute Gasteiger partial charge is 0.274 e. The molecule has 0 saturated carbocycles. The van der Waals surface area contributed by atoms with Crippen molar-refractivity contribution in [1.82, 2.24) is 29.1 Å². The molecular weight excluding hydrogens is 338 g/mol. The molecule has 0 atom stereocenters. The van der Waals surface area contributed by atoms with Crippen molar-refractivity contribution in [2.24, 2.45) is 5.73 Å². The van der Waals surface area contributed by atoms with Gasteiger partial charge >= 0.3 is 0 Å². The molecule has 0 saturated heterocycles. The third kappa shape index (κ3) is 2.63. The van der Waals surface area contributed by atoms with Crippen molar-refractivity contribution in [3.8, 4) is 0 Å². The largest absolute Gasteiger partial charge is 0.364 e. The third-order valence-electron chi connectivity index (χ3n) is 4.83. The van der Waals surface area contributed by atoms with Crippen LogP contribution in [0.5, 0.6) is 0 Å². The lowest BCUT2D eigenvalue weighted by atomic mass is 10.2. The molecule has 2 aromatic rings. The summed E-state index contributed by atoms with van der Waals surface area (Å²) >= 11 is 0. The highest BCUT2D eigenvalue weighted by molar-refractivity contribution is 5.98. The van der Waals surface area contributed by atoms with Gasteiger partial charge < -0.3 is 20.1 Å². The molecule has 2 N–H and O–H groups in total. The Morgan fingerprint density at radius 1 is 1.12 bits per heavy atom. The van der Waals surface area contributed by atoms with Gasteiger partial charge in [-0.15, -0.1) is 0 Å². The van der Waals surface area contributed by atoms with Crippen molar-refractivity contribution >= 4 is 17.7 Å². The zero-order chi connectivity index (χ0) is 18.4. The number of carbonyl (C=O) groups excluding carboxylic acids is 3. The van der Waals surface area contributed by atoms with Crippen LogP contribution in [0.2, 0.25) is 0 Å². The molecule has 4 heterocycles. The minimum absolute atomic E-state index is 0.127. The SMILES string of the molecule is CN1CCn2nc(C(=O)N3CCc4nc(C(N)=O)cn4CC3)cc2C1=O. The van der Waals surface area contributed by atoms with Gasteiger partial charge in [-0.2, -0.15) is 5.10 Å². The average Bonchev–Trinajstić information content (AvgIpc) is 3.18. The predicted octanol–water partition coefficient (Wildman–Crippen LogP) is -1.04. The Kier molecular flexibility index (Phi) is 3.74. The number of aromatic nitrogens is 4. The van der Waals surface area contributed by atoms with E-state index in [0.29, 0.717) is 44.8 Å². The van der Waals surface area contributed by atoms with Crippen molar-refractivity contribution < 1.29 is 14.4 Å². The maximum absolute atomic E-state index is 12.8. The van der Waals surface area contributed by atoms with Crippen LogP contribution in [-0.2, 0) is 19.5 Å². The normalized spacial score (nSPS) is 16.9. The molecule has 10 heteroatoms. The number of amides is 3. The first-order chi connectivity index (χ1) is 12.4. The van der Waals surface area contributed by atoms with E-state index in [2.05, 4.69) is 10.1 Å². The van der Waals surface area contributed by atoms with E-state index in [1.807, 2.05) is 4.57 Å². The lowest BCUT2D eigenvalue weighted by Gasteiger charge is -2.22. The van der Waals surface area contributed by atoms with Crippen LogP contribution >= 0.6 is 0 Å². The molecular formula is C16H19N7O3. The summed E-state index contributed by atoms with van der Waals surface area (Å²) in [4.78, 5) is 43.8. The topological polar surface area (TPSA) is 119 Å². The van der Waals surface area contributed by atoms with Crippen molar-refractivity contribution in [3.63, 3.8) is 0 Å². The fourth-order valence-corrected chi connectivity index (χ4v) is 3.31. The Morgan fingerprint density at radius 2 is 1.92 bits per heavy atom. The van der Waals surface area contributed by atoms with Crippen LogP contribution in [0.3, 0.4) is 0 Å². The molecule has 3 amide bonds. The molecule has 2 aliphatic rings. The highest BCUT2D eigenvalue weighted by Gasteiger charge is 2.28. The molecule has 2 aromatic heterocycles. The Labute approximate surface area is 149 Å². The first kappa shape index (κ1) is 16.3. The number of likely N-dealkylation sites (N-methyl/N-ethyl adjacent to an activating group) is 1. The maximum Gasteiger partial charge on any atom is 0.274 e. The van der Waals surface area contributed by atoms with Crippen LogP contribution in [0, 0.1) is 0 Å². The number of hydrogen-bond donors (Lipinski definition) is 1. The van der Waals surface area contributed by atoms with E-state index in [1.54, 1.807) is 33.8 Å². The Bertz CT molecular complexity index is 888. The fraction of sp³-hybridized carbons (Fsp3) is 0.438. The van der Waals surface area contributed by atoms with Crippen LogP contribution in [0.15, 0.2) is 12.3 Å². The number of primary amides is 1. The van der Waals surface area contributed by atoms with E-state index in [0.717, 1.165) is 5.82 Å². The highest BCUT2D eigenvalue weighted by atomic mass is 16.2. The van der Waals surface area contributed by atoms with E-state index >= 15 is 0 Å². The lowest BCUT2D eigenvalue weighted by molar-refractivity contribution is 0.0733. The Hall–Kier alpha value is -3.17. The molecule has 0 spiro atoms. The van der Waals surface area contributed by atoms with E-state index in [1.165, 1.54) is 0 Å². The molecule has 0 fully saturated rings. The standard InChI is InChI=1S/C16H19N7O3/c1-20-4-7-23-12(16(20)26)8-10(19-23)15(25)21-3-2-13-18-11(14(17)24)9-22(13)6-5-21/h8-9H,2-7H2,1H3,(H2,17,24). The van der Waals surface area contributed by atoms with Crippen molar-refractivity contribution in [2.45, 2.75) is 19.5 Å². The highest BCUT2D eigenvalue weighted by Crippen LogP contribution is 2.16. The van der Waals surface area contributed by atoms with Gasteiger partial charge in [0.05, 0.1) is 6.54 Å². The zero-order valence-electron chi connectivity index (χ0n) is 14.4. The minimum atomic E-state index is -0.559. The molecule has 2 aliphatic heterocycles. The number of nitrogens with zero attached hydrogens (tertiary/aromatic N) is 6. The maximum atomic E-state index is 12.8. The third-order valence-corrected chi connectivity index (χ3v) is 4.83. The second kappa shape index (κ2) is 5.97. The fourth-order valence-electron chi connectivity index (χ4n) is 3.31. The number of carbonyl (C=O) groups is 3. The first-order valence-electron chi connectivity index (χ1n) is 8.42. The van der Waals surface area contributed by atoms with E-state index in [4.69, 9.17) is 5.73 Å². The zero-order valence-corrected chi connectivity index (χ0v) is 14.4. The molecule has 0 radical (unpaired) electrons. The molecule has 136 valence electrons. The van der Waals surface area contributed by atoms with Gasteiger partial charge in [0.2, 0.25) is 0 Å². The molecule has 10 nitrogen and oxygen atoms in total. The van der Waals surface area contributed by atoms with Crippen LogP contribution < -0.4 is 5.73 Å². The summed E-state index contributed by atoms with van der Waals surface area (Å²) in [6.07, 6.45) is 2.14. The summed E-state index contributed by atoms with van der Waals surface area (Å²) in [5.74, 6) is -0.159. The number of hydrogen-bond acceptors (Lipinski definition) is 5. The summed E-state index contributed by atoms with van der Waals surface area (Å²) in [6.45, 7) is 2.61. The van der Waals surface area contributed by atoms with Gasteiger partial charge in [0, 0.05) is 51.9 Å². The summed E-state index contributed by atoms with van der Waals surface area (Å²) in [5.41, 5.74) is 6.22. The van der Waals surface area contributed by atoms with Crippen LogP contribution in [0.25, 0.3) is 0 Å². The summed E-state index contributed by atoms with van der Waals surface area (Å²) in [6, 6.07) is 1.56. The number of rotatable bonds is 2. The molecule has 0 bridgehead atoms. The van der Waals surface area contributed by atoms with Crippen molar-refractivity contribution in [3.05, 3.63) is 35.2 Å². The van der Waals surface area contributed by atoms with Gasteiger partial charge in [0.1, 0.15) is 17.2 Å². The molecule has 4 rings (SSSR count). The predicted molar refractivity (Wildman–Crippen MR) is 89.5 cm³/mol. The second-order valence-corrected chi connectivity index (χ2v) is 6.51.